The van der Waals surface area contributed by atoms with Crippen LogP contribution in [-0.4, -0.2) is 14.9 Å². The molecule has 0 amide bonds. The number of rotatable bonds is 2. The van der Waals surface area contributed by atoms with E-state index in [1.165, 1.54) is 0 Å². The zero-order valence-electron chi connectivity index (χ0n) is 10.7. The largest absolute Gasteiger partial charge is 0.374 e. The second-order valence-corrected chi connectivity index (χ2v) is 4.82. The van der Waals surface area contributed by atoms with Gasteiger partial charge in [0.2, 0.25) is 0 Å². The highest BCUT2D eigenvalue weighted by Gasteiger charge is 2.12. The standard InChI is InChI=1S/C16H13N3S/c17-16(20)19-15(13-9-5-2-6-10-13)11-14(18-19)12-7-3-1-4-8-12/h1-11H,(H2,17,20). The maximum Gasteiger partial charge on any atom is 0.191 e. The maximum absolute atomic E-state index is 5.78. The minimum Gasteiger partial charge on any atom is -0.374 e. The summed E-state index contributed by atoms with van der Waals surface area (Å²) in [5, 5.41) is 4.75. The molecule has 98 valence electrons. The number of benzene rings is 2. The van der Waals surface area contributed by atoms with Crippen molar-refractivity contribution < 1.29 is 0 Å². The lowest BCUT2D eigenvalue weighted by molar-refractivity contribution is 0.951. The molecule has 3 rings (SSSR count). The van der Waals surface area contributed by atoms with E-state index >= 15 is 0 Å². The molecular formula is C16H13N3S. The van der Waals surface area contributed by atoms with Crippen molar-refractivity contribution in [3.05, 3.63) is 66.7 Å². The predicted octanol–water partition coefficient (Wildman–Crippen LogP) is 3.31. The van der Waals surface area contributed by atoms with Crippen LogP contribution in [0.3, 0.4) is 0 Å². The quantitative estimate of drug-likeness (QED) is 0.732. The van der Waals surface area contributed by atoms with Crippen molar-refractivity contribution in [1.29, 1.82) is 0 Å². The van der Waals surface area contributed by atoms with Gasteiger partial charge in [0.1, 0.15) is 0 Å². The molecule has 0 atom stereocenters. The summed E-state index contributed by atoms with van der Waals surface area (Å²) in [6.07, 6.45) is 0. The minimum atomic E-state index is 0.242. The van der Waals surface area contributed by atoms with Crippen molar-refractivity contribution in [1.82, 2.24) is 9.78 Å². The molecule has 0 aliphatic rings. The molecule has 2 aromatic carbocycles. The van der Waals surface area contributed by atoms with Gasteiger partial charge in [-0.3, -0.25) is 0 Å². The van der Waals surface area contributed by atoms with Crippen LogP contribution in [0.1, 0.15) is 0 Å². The highest BCUT2D eigenvalue weighted by Crippen LogP contribution is 2.25. The van der Waals surface area contributed by atoms with Crippen LogP contribution in [0.4, 0.5) is 0 Å². The van der Waals surface area contributed by atoms with Gasteiger partial charge in [-0.25, -0.2) is 4.68 Å². The smallest absolute Gasteiger partial charge is 0.191 e. The number of nitrogens with two attached hydrogens (primary N) is 1. The molecular weight excluding hydrogens is 266 g/mol. The normalized spacial score (nSPS) is 10.4. The fourth-order valence-corrected chi connectivity index (χ4v) is 2.25. The molecule has 4 heteroatoms. The number of thiocarbonyl (C=S) groups is 1. The van der Waals surface area contributed by atoms with Crippen LogP contribution in [0, 0.1) is 0 Å². The fourth-order valence-electron chi connectivity index (χ4n) is 2.11. The molecule has 0 unspecified atom stereocenters. The number of nitrogens with zero attached hydrogens (tertiary/aromatic N) is 2. The van der Waals surface area contributed by atoms with Gasteiger partial charge < -0.3 is 5.73 Å². The minimum absolute atomic E-state index is 0.242. The molecule has 0 fully saturated rings. The van der Waals surface area contributed by atoms with Gasteiger partial charge >= 0.3 is 0 Å². The molecule has 0 radical (unpaired) electrons. The summed E-state index contributed by atoms with van der Waals surface area (Å²) in [5.41, 5.74) is 9.61. The van der Waals surface area contributed by atoms with Gasteiger partial charge in [0, 0.05) is 11.1 Å². The van der Waals surface area contributed by atoms with E-state index in [2.05, 4.69) is 5.10 Å². The van der Waals surface area contributed by atoms with E-state index in [0.29, 0.717) is 0 Å². The second-order valence-electron chi connectivity index (χ2n) is 4.40. The number of aromatic nitrogens is 2. The Kier molecular flexibility index (Phi) is 3.31. The van der Waals surface area contributed by atoms with Crippen molar-refractivity contribution in [2.75, 3.05) is 0 Å². The number of hydrogen-bond donors (Lipinski definition) is 1. The first kappa shape index (κ1) is 12.6. The van der Waals surface area contributed by atoms with Gasteiger partial charge in [0.25, 0.3) is 0 Å². The SMILES string of the molecule is NC(=S)n1nc(-c2ccccc2)cc1-c1ccccc1. The van der Waals surface area contributed by atoms with E-state index in [4.69, 9.17) is 18.0 Å². The average molecular weight is 279 g/mol. The van der Waals surface area contributed by atoms with Crippen LogP contribution < -0.4 is 5.73 Å². The molecule has 0 saturated heterocycles. The first-order valence-electron chi connectivity index (χ1n) is 6.26. The topological polar surface area (TPSA) is 43.8 Å². The molecule has 0 saturated carbocycles. The second kappa shape index (κ2) is 5.27. The molecule has 0 bridgehead atoms. The van der Waals surface area contributed by atoms with Gasteiger partial charge in [-0.15, -0.1) is 0 Å². The lowest BCUT2D eigenvalue weighted by Crippen LogP contribution is -2.21. The molecule has 3 nitrogen and oxygen atoms in total. The van der Waals surface area contributed by atoms with Crippen molar-refractivity contribution >= 4 is 17.3 Å². The third-order valence-electron chi connectivity index (χ3n) is 3.06. The van der Waals surface area contributed by atoms with Crippen LogP contribution in [0.25, 0.3) is 22.5 Å². The lowest BCUT2D eigenvalue weighted by Gasteiger charge is -2.04. The summed E-state index contributed by atoms with van der Waals surface area (Å²) in [4.78, 5) is 0. The van der Waals surface area contributed by atoms with Crippen molar-refractivity contribution in [2.24, 2.45) is 5.73 Å². The zero-order valence-corrected chi connectivity index (χ0v) is 11.5. The Bertz CT molecular complexity index is 733. The Hall–Kier alpha value is -2.46. The third kappa shape index (κ3) is 2.33. The van der Waals surface area contributed by atoms with Gasteiger partial charge in [-0.2, -0.15) is 5.10 Å². The first-order valence-corrected chi connectivity index (χ1v) is 6.67. The molecule has 1 aromatic heterocycles. The van der Waals surface area contributed by atoms with Crippen LogP contribution in [0.5, 0.6) is 0 Å². The van der Waals surface area contributed by atoms with Gasteiger partial charge in [0.05, 0.1) is 11.4 Å². The summed E-state index contributed by atoms with van der Waals surface area (Å²) in [6, 6.07) is 21.9. The summed E-state index contributed by atoms with van der Waals surface area (Å²) in [6.45, 7) is 0. The molecule has 0 spiro atoms. The molecule has 20 heavy (non-hydrogen) atoms. The van der Waals surface area contributed by atoms with Gasteiger partial charge in [0.15, 0.2) is 5.11 Å². The van der Waals surface area contributed by atoms with Gasteiger partial charge in [-0.1, -0.05) is 60.7 Å². The molecule has 0 aliphatic carbocycles. The molecule has 2 N–H and O–H groups in total. The van der Waals surface area contributed by atoms with Crippen LogP contribution in [0.2, 0.25) is 0 Å². The van der Waals surface area contributed by atoms with Crippen molar-refractivity contribution in [2.45, 2.75) is 0 Å². The third-order valence-corrected chi connectivity index (χ3v) is 3.23. The van der Waals surface area contributed by atoms with E-state index in [0.717, 1.165) is 22.5 Å². The molecule has 1 heterocycles. The van der Waals surface area contributed by atoms with Crippen molar-refractivity contribution in [3.63, 3.8) is 0 Å². The Labute approximate surface area is 122 Å². The van der Waals surface area contributed by atoms with Crippen LogP contribution in [0.15, 0.2) is 66.7 Å². The highest BCUT2D eigenvalue weighted by atomic mass is 32.1. The monoisotopic (exact) mass is 279 g/mol. The summed E-state index contributed by atoms with van der Waals surface area (Å²) < 4.78 is 1.60. The van der Waals surface area contributed by atoms with E-state index in [9.17, 15) is 0 Å². The number of hydrogen-bond acceptors (Lipinski definition) is 2. The maximum atomic E-state index is 5.78. The zero-order chi connectivity index (χ0) is 13.9. The van der Waals surface area contributed by atoms with E-state index < -0.39 is 0 Å². The summed E-state index contributed by atoms with van der Waals surface area (Å²) in [5.74, 6) is 0. The Morgan fingerprint density at radius 2 is 1.45 bits per heavy atom. The Morgan fingerprint density at radius 3 is 2.00 bits per heavy atom. The fraction of sp³-hybridized carbons (Fsp3) is 0. The summed E-state index contributed by atoms with van der Waals surface area (Å²) in [7, 11) is 0. The van der Waals surface area contributed by atoms with Crippen LogP contribution >= 0.6 is 12.2 Å². The Balaban J connectivity index is 2.15. The first-order chi connectivity index (χ1) is 9.75. The van der Waals surface area contributed by atoms with E-state index in [1.54, 1.807) is 4.68 Å². The molecule has 3 aromatic rings. The van der Waals surface area contributed by atoms with Crippen molar-refractivity contribution in [3.8, 4) is 22.5 Å². The van der Waals surface area contributed by atoms with Gasteiger partial charge in [-0.05, 0) is 18.3 Å². The van der Waals surface area contributed by atoms with E-state index in [-0.39, 0.29) is 5.11 Å². The molecule has 0 aliphatic heterocycles. The Morgan fingerprint density at radius 1 is 0.900 bits per heavy atom. The van der Waals surface area contributed by atoms with Crippen LogP contribution in [-0.2, 0) is 0 Å². The highest BCUT2D eigenvalue weighted by molar-refractivity contribution is 7.80. The summed E-state index contributed by atoms with van der Waals surface area (Å²) >= 11 is 5.09. The van der Waals surface area contributed by atoms with E-state index in [1.807, 2.05) is 66.7 Å². The predicted molar refractivity (Wildman–Crippen MR) is 85.3 cm³/mol. The lowest BCUT2D eigenvalue weighted by atomic mass is 10.1. The average Bonchev–Trinajstić information content (AvgIpc) is 2.94.